The molecule has 0 aromatic rings. The van der Waals surface area contributed by atoms with Crippen LogP contribution < -0.4 is 5.32 Å². The lowest BCUT2D eigenvalue weighted by Crippen LogP contribution is -2.39. The maximum Gasteiger partial charge on any atom is 0.251 e. The van der Waals surface area contributed by atoms with E-state index in [4.69, 9.17) is 7.85 Å². The summed E-state index contributed by atoms with van der Waals surface area (Å²) in [6.07, 6.45) is 4.46. The van der Waals surface area contributed by atoms with Crippen LogP contribution in [0.4, 0.5) is 0 Å². The fourth-order valence-electron chi connectivity index (χ4n) is 2.60. The zero-order valence-corrected chi connectivity index (χ0v) is 11.5. The Morgan fingerprint density at radius 2 is 2.30 bits per heavy atom. The van der Waals surface area contributed by atoms with E-state index >= 15 is 0 Å². The van der Waals surface area contributed by atoms with Gasteiger partial charge in [-0.15, -0.1) is 5.47 Å². The van der Waals surface area contributed by atoms with Gasteiger partial charge < -0.3 is 15.0 Å². The molecule has 2 radical (unpaired) electrons. The summed E-state index contributed by atoms with van der Waals surface area (Å²) in [7, 11) is 7.33. The average molecular weight is 272 g/mol. The van der Waals surface area contributed by atoms with Gasteiger partial charge in [-0.2, -0.15) is 0 Å². The second-order valence-electron chi connectivity index (χ2n) is 5.07. The van der Waals surface area contributed by atoms with Crippen molar-refractivity contribution >= 4 is 25.9 Å². The van der Waals surface area contributed by atoms with Crippen molar-refractivity contribution in [2.45, 2.75) is 31.7 Å². The molecule has 1 atom stereocenters. The zero-order chi connectivity index (χ0) is 14.7. The lowest BCUT2D eigenvalue weighted by Gasteiger charge is -2.23. The first-order valence-corrected chi connectivity index (χ1v) is 6.71. The van der Waals surface area contributed by atoms with Crippen LogP contribution >= 0.6 is 0 Å². The Hall–Kier alpha value is -1.85. The normalized spacial score (nSPS) is 19.6. The molecule has 1 aliphatic carbocycles. The Morgan fingerprint density at radius 3 is 2.95 bits per heavy atom. The number of amides is 2. The molecule has 5 nitrogen and oxygen atoms in total. The van der Waals surface area contributed by atoms with E-state index in [1.54, 1.807) is 7.05 Å². The van der Waals surface area contributed by atoms with Crippen LogP contribution in [0.25, 0.3) is 0 Å². The van der Waals surface area contributed by atoms with Crippen molar-refractivity contribution < 1.29 is 14.4 Å². The van der Waals surface area contributed by atoms with Gasteiger partial charge in [0, 0.05) is 25.6 Å². The van der Waals surface area contributed by atoms with Crippen LogP contribution in [0.15, 0.2) is 22.7 Å². The fraction of sp³-hybridized carbons (Fsp3) is 0.500. The van der Waals surface area contributed by atoms with Gasteiger partial charge in [-0.25, -0.2) is 0 Å². The highest BCUT2D eigenvalue weighted by Crippen LogP contribution is 2.31. The minimum atomic E-state index is -0.556. The molecule has 1 aliphatic heterocycles. The lowest BCUT2D eigenvalue weighted by atomic mass is 9.83. The highest BCUT2D eigenvalue weighted by Gasteiger charge is 2.34. The number of aldehydes is 1. The summed E-state index contributed by atoms with van der Waals surface area (Å²) >= 11 is 0. The van der Waals surface area contributed by atoms with Gasteiger partial charge in [-0.1, -0.05) is 6.08 Å². The monoisotopic (exact) mass is 272 g/mol. The van der Waals surface area contributed by atoms with Crippen molar-refractivity contribution in [1.82, 2.24) is 10.2 Å². The number of carbonyl (C=O) groups is 3. The summed E-state index contributed by atoms with van der Waals surface area (Å²) < 4.78 is 0. The van der Waals surface area contributed by atoms with E-state index in [1.165, 1.54) is 4.90 Å². The molecule has 0 fully saturated rings. The van der Waals surface area contributed by atoms with Crippen LogP contribution in [0, 0.1) is 0 Å². The van der Waals surface area contributed by atoms with Gasteiger partial charge in [0.15, 0.2) is 0 Å². The summed E-state index contributed by atoms with van der Waals surface area (Å²) in [5, 5.41) is 2.51. The summed E-state index contributed by atoms with van der Waals surface area (Å²) in [6.45, 7) is 0.409. The molecule has 2 aliphatic rings. The Kier molecular flexibility index (Phi) is 4.42. The topological polar surface area (TPSA) is 66.5 Å². The second-order valence-corrected chi connectivity index (χ2v) is 5.07. The molecule has 104 valence electrons. The first kappa shape index (κ1) is 14.6. The molecular weight excluding hydrogens is 255 g/mol. The van der Waals surface area contributed by atoms with Crippen molar-refractivity contribution in [2.75, 3.05) is 13.6 Å². The average Bonchev–Trinajstić information content (AvgIpc) is 2.76. The van der Waals surface area contributed by atoms with Gasteiger partial charge in [0.1, 0.15) is 14.1 Å². The molecule has 0 saturated carbocycles. The molecule has 0 aromatic heterocycles. The number of carbonyl (C=O) groups excluding carboxylic acids is 3. The Bertz CT molecular complexity index is 511. The van der Waals surface area contributed by atoms with E-state index in [0.29, 0.717) is 25.8 Å². The quantitative estimate of drug-likeness (QED) is 0.568. The predicted octanol–water partition coefficient (Wildman–Crippen LogP) is 0.0651. The standard InChI is InChI=1S/C14H17BN2O3/c1-16-13(19)5-3-11(8-18)17-7-9-6-10(15)2-4-12(9)14(17)20/h6,8,11H,2-5,7H2,1H3,(H,16,19). The van der Waals surface area contributed by atoms with Gasteiger partial charge in [0.25, 0.3) is 5.91 Å². The third kappa shape index (κ3) is 2.84. The van der Waals surface area contributed by atoms with Gasteiger partial charge in [0.05, 0.1) is 6.04 Å². The van der Waals surface area contributed by atoms with Crippen LogP contribution in [0.2, 0.25) is 0 Å². The molecule has 2 amide bonds. The molecule has 1 unspecified atom stereocenters. The van der Waals surface area contributed by atoms with Crippen LogP contribution in [0.1, 0.15) is 25.7 Å². The summed E-state index contributed by atoms with van der Waals surface area (Å²) in [4.78, 5) is 36.3. The van der Waals surface area contributed by atoms with E-state index in [0.717, 1.165) is 22.9 Å². The predicted molar refractivity (Wildman–Crippen MR) is 75.0 cm³/mol. The number of hydrogen-bond acceptors (Lipinski definition) is 3. The largest absolute Gasteiger partial charge is 0.359 e. The van der Waals surface area contributed by atoms with Crippen molar-refractivity contribution in [1.29, 1.82) is 0 Å². The van der Waals surface area contributed by atoms with Gasteiger partial charge in [-0.3, -0.25) is 9.59 Å². The fourth-order valence-corrected chi connectivity index (χ4v) is 2.60. The summed E-state index contributed by atoms with van der Waals surface area (Å²) in [5.41, 5.74) is 2.43. The molecule has 1 N–H and O–H groups in total. The summed E-state index contributed by atoms with van der Waals surface area (Å²) in [6, 6.07) is -0.556. The van der Waals surface area contributed by atoms with Crippen LogP contribution in [-0.2, 0) is 14.4 Å². The van der Waals surface area contributed by atoms with E-state index in [2.05, 4.69) is 5.32 Å². The van der Waals surface area contributed by atoms with Crippen molar-refractivity contribution in [3.63, 3.8) is 0 Å². The van der Waals surface area contributed by atoms with E-state index in [9.17, 15) is 14.4 Å². The number of hydrogen-bond donors (Lipinski definition) is 1. The molecule has 2 rings (SSSR count). The molecule has 0 spiro atoms. The van der Waals surface area contributed by atoms with Gasteiger partial charge in [-0.05, 0) is 24.8 Å². The van der Waals surface area contributed by atoms with E-state index < -0.39 is 6.04 Å². The first-order valence-electron chi connectivity index (χ1n) is 6.71. The minimum Gasteiger partial charge on any atom is -0.359 e. The number of nitrogens with zero attached hydrogens (tertiary/aromatic N) is 1. The van der Waals surface area contributed by atoms with Crippen molar-refractivity contribution in [3.8, 4) is 0 Å². The van der Waals surface area contributed by atoms with Crippen LogP contribution in [0.5, 0.6) is 0 Å². The Balaban J connectivity index is 2.05. The first-order chi connectivity index (χ1) is 9.56. The molecular formula is C14H17BN2O3. The smallest absolute Gasteiger partial charge is 0.251 e. The number of rotatable bonds is 5. The molecule has 20 heavy (non-hydrogen) atoms. The molecule has 0 bridgehead atoms. The third-order valence-electron chi connectivity index (χ3n) is 3.77. The van der Waals surface area contributed by atoms with Crippen LogP contribution in [-0.4, -0.2) is 50.5 Å². The zero-order valence-electron chi connectivity index (χ0n) is 11.5. The molecule has 1 heterocycles. The Morgan fingerprint density at radius 1 is 1.55 bits per heavy atom. The number of nitrogens with one attached hydrogen (secondary N) is 1. The number of allylic oxidation sites excluding steroid dienone is 1. The highest BCUT2D eigenvalue weighted by atomic mass is 16.2. The Labute approximate surface area is 119 Å². The maximum absolute atomic E-state index is 12.3. The SMILES string of the molecule is [B]C1=CC2=C(CC1)C(=O)N(C(C=O)CCC(=O)NC)C2. The van der Waals surface area contributed by atoms with Crippen LogP contribution in [0.3, 0.4) is 0 Å². The minimum absolute atomic E-state index is 0.0993. The van der Waals surface area contributed by atoms with Gasteiger partial charge >= 0.3 is 0 Å². The molecule has 0 saturated heterocycles. The molecule has 0 aromatic carbocycles. The maximum atomic E-state index is 12.3. The summed E-state index contributed by atoms with van der Waals surface area (Å²) in [5.74, 6) is -0.233. The molecule has 6 heteroatoms. The van der Waals surface area contributed by atoms with Crippen molar-refractivity contribution in [2.24, 2.45) is 0 Å². The second kappa shape index (κ2) is 6.07. The van der Waals surface area contributed by atoms with Gasteiger partial charge in [0.2, 0.25) is 5.91 Å². The van der Waals surface area contributed by atoms with Crippen molar-refractivity contribution in [3.05, 3.63) is 22.7 Å². The lowest BCUT2D eigenvalue weighted by molar-refractivity contribution is -0.132. The van der Waals surface area contributed by atoms with E-state index in [1.807, 2.05) is 6.08 Å². The highest BCUT2D eigenvalue weighted by molar-refractivity contribution is 6.22. The van der Waals surface area contributed by atoms with E-state index in [-0.39, 0.29) is 18.2 Å². The third-order valence-corrected chi connectivity index (χ3v) is 3.77.